The van der Waals surface area contributed by atoms with Crippen molar-refractivity contribution in [1.82, 2.24) is 0 Å². The third-order valence-electron chi connectivity index (χ3n) is 12.2. The van der Waals surface area contributed by atoms with E-state index >= 15 is 0 Å². The molecule has 0 radical (unpaired) electrons. The molecule has 66 heavy (non-hydrogen) atoms. The van der Waals surface area contributed by atoms with Crippen molar-refractivity contribution >= 4 is 17.9 Å². The molecule has 0 saturated carbocycles. The minimum atomic E-state index is -0.787. The second-order valence-corrected chi connectivity index (χ2v) is 18.8. The van der Waals surface area contributed by atoms with Crippen molar-refractivity contribution in [2.75, 3.05) is 13.2 Å². The quantitative estimate of drug-likeness (QED) is 0.0262. The molecule has 0 spiro atoms. The van der Waals surface area contributed by atoms with Gasteiger partial charge in [-0.15, -0.1) is 0 Å². The molecular formula is C60H106O6. The van der Waals surface area contributed by atoms with Crippen LogP contribution in [0.4, 0.5) is 0 Å². The van der Waals surface area contributed by atoms with E-state index in [2.05, 4.69) is 81.5 Å². The van der Waals surface area contributed by atoms with Crippen LogP contribution < -0.4 is 0 Å². The predicted molar refractivity (Wildman–Crippen MR) is 284 cm³/mol. The summed E-state index contributed by atoms with van der Waals surface area (Å²) in [4.78, 5) is 38.1. The van der Waals surface area contributed by atoms with Crippen molar-refractivity contribution in [2.45, 2.75) is 290 Å². The number of esters is 3. The van der Waals surface area contributed by atoms with Crippen molar-refractivity contribution in [3.63, 3.8) is 0 Å². The van der Waals surface area contributed by atoms with Gasteiger partial charge in [-0.2, -0.15) is 0 Å². The molecule has 0 bridgehead atoms. The van der Waals surface area contributed by atoms with Gasteiger partial charge in [0.2, 0.25) is 0 Å². The van der Waals surface area contributed by atoms with Crippen LogP contribution >= 0.6 is 0 Å². The molecular weight excluding hydrogens is 817 g/mol. The highest BCUT2D eigenvalue weighted by Crippen LogP contribution is 2.15. The first-order chi connectivity index (χ1) is 32.5. The number of allylic oxidation sites excluding steroid dienone is 10. The highest BCUT2D eigenvalue weighted by molar-refractivity contribution is 5.71. The van der Waals surface area contributed by atoms with Gasteiger partial charge < -0.3 is 14.2 Å². The van der Waals surface area contributed by atoms with E-state index in [0.29, 0.717) is 19.3 Å². The molecule has 0 rings (SSSR count). The molecule has 6 nitrogen and oxygen atoms in total. The Bertz CT molecular complexity index is 1200. The van der Waals surface area contributed by atoms with Crippen molar-refractivity contribution < 1.29 is 28.6 Å². The Morgan fingerprint density at radius 3 is 0.955 bits per heavy atom. The summed E-state index contributed by atoms with van der Waals surface area (Å²) in [5.74, 6) is -0.907. The van der Waals surface area contributed by atoms with Crippen LogP contribution in [0.25, 0.3) is 0 Å². The summed E-state index contributed by atoms with van der Waals surface area (Å²) in [6, 6.07) is 0. The molecule has 0 aromatic carbocycles. The topological polar surface area (TPSA) is 78.9 Å². The lowest BCUT2D eigenvalue weighted by molar-refractivity contribution is -0.167. The largest absolute Gasteiger partial charge is 0.462 e. The fourth-order valence-electron chi connectivity index (χ4n) is 7.98. The Kier molecular flexibility index (Phi) is 52.3. The maximum atomic E-state index is 12.8. The summed E-state index contributed by atoms with van der Waals surface area (Å²) in [5, 5.41) is 0. The van der Waals surface area contributed by atoms with Crippen LogP contribution in [0.1, 0.15) is 284 Å². The Morgan fingerprint density at radius 1 is 0.318 bits per heavy atom. The SMILES string of the molecule is CC/C=C\C/C=C\C/C=C\CCCCCCC(=O)OCC(COC(=O)CCCCCCCCC/C=C\CCCCCCCCCC)OC(=O)CCCCCCCCC/C=C\CCCCCC. The summed E-state index contributed by atoms with van der Waals surface area (Å²) in [6.45, 7) is 6.51. The van der Waals surface area contributed by atoms with E-state index in [-0.39, 0.29) is 31.1 Å². The highest BCUT2D eigenvalue weighted by Gasteiger charge is 2.19. The zero-order valence-corrected chi connectivity index (χ0v) is 43.7. The molecule has 1 unspecified atom stereocenters. The molecule has 0 saturated heterocycles. The second kappa shape index (κ2) is 54.7. The van der Waals surface area contributed by atoms with Crippen LogP contribution in [-0.4, -0.2) is 37.2 Å². The maximum absolute atomic E-state index is 12.8. The molecule has 6 heteroatoms. The molecule has 382 valence electrons. The third kappa shape index (κ3) is 52.1. The third-order valence-corrected chi connectivity index (χ3v) is 12.2. The average molecular weight is 924 g/mol. The zero-order valence-electron chi connectivity index (χ0n) is 43.7. The summed E-state index contributed by atoms with van der Waals surface area (Å²) in [7, 11) is 0. The van der Waals surface area contributed by atoms with Crippen LogP contribution in [0.15, 0.2) is 60.8 Å². The molecule has 0 amide bonds. The number of unbranched alkanes of at least 4 members (excludes halogenated alkanes) is 30. The van der Waals surface area contributed by atoms with E-state index in [0.717, 1.165) is 89.9 Å². The molecule has 0 aromatic heterocycles. The standard InChI is InChI=1S/C60H106O6/c1-4-7-10-13-16-19-22-25-28-29-30-31-33-35-38-41-44-47-50-53-59(62)65-56-57(55-64-58(61)52-49-46-43-40-37-34-27-24-21-18-15-12-9-6-3)66-60(63)54-51-48-45-42-39-36-32-26-23-20-17-14-11-8-5-2/h9,12,18,20-21,23,27,29-30,34,57H,4-8,10-11,13-17,19,22,24-26,28,31-33,35-56H2,1-3H3/b12-9-,21-18-,23-20-,30-29-,34-27-. The lowest BCUT2D eigenvalue weighted by atomic mass is 10.1. The van der Waals surface area contributed by atoms with Crippen LogP contribution in [0, 0.1) is 0 Å². The van der Waals surface area contributed by atoms with E-state index < -0.39 is 6.10 Å². The smallest absolute Gasteiger partial charge is 0.306 e. The summed E-state index contributed by atoms with van der Waals surface area (Å²) in [6.07, 6.45) is 67.8. The van der Waals surface area contributed by atoms with E-state index in [1.54, 1.807) is 0 Å². The van der Waals surface area contributed by atoms with Crippen molar-refractivity contribution in [1.29, 1.82) is 0 Å². The second-order valence-electron chi connectivity index (χ2n) is 18.8. The lowest BCUT2D eigenvalue weighted by Crippen LogP contribution is -2.30. The van der Waals surface area contributed by atoms with Gasteiger partial charge in [0.25, 0.3) is 0 Å². The first-order valence-corrected chi connectivity index (χ1v) is 28.3. The Morgan fingerprint density at radius 2 is 0.591 bits per heavy atom. The van der Waals surface area contributed by atoms with E-state index in [1.165, 1.54) is 154 Å². The molecule has 0 heterocycles. The molecule has 0 aliphatic rings. The van der Waals surface area contributed by atoms with Gasteiger partial charge in [0.1, 0.15) is 13.2 Å². The van der Waals surface area contributed by atoms with Gasteiger partial charge in [0, 0.05) is 19.3 Å². The van der Waals surface area contributed by atoms with Crippen LogP contribution in [0.2, 0.25) is 0 Å². The molecule has 0 aliphatic carbocycles. The lowest BCUT2D eigenvalue weighted by Gasteiger charge is -2.18. The van der Waals surface area contributed by atoms with Gasteiger partial charge in [-0.25, -0.2) is 0 Å². The maximum Gasteiger partial charge on any atom is 0.306 e. The van der Waals surface area contributed by atoms with Crippen molar-refractivity contribution in [2.24, 2.45) is 0 Å². The van der Waals surface area contributed by atoms with Gasteiger partial charge in [-0.05, 0) is 103 Å². The Balaban J connectivity index is 4.38. The fraction of sp³-hybridized carbons (Fsp3) is 0.783. The summed E-state index contributed by atoms with van der Waals surface area (Å²) >= 11 is 0. The van der Waals surface area contributed by atoms with Gasteiger partial charge in [0.05, 0.1) is 0 Å². The average Bonchev–Trinajstić information content (AvgIpc) is 3.31. The number of hydrogen-bond acceptors (Lipinski definition) is 6. The molecule has 0 aliphatic heterocycles. The van der Waals surface area contributed by atoms with Crippen LogP contribution in [0.3, 0.4) is 0 Å². The molecule has 0 aromatic rings. The van der Waals surface area contributed by atoms with Crippen molar-refractivity contribution in [3.05, 3.63) is 60.8 Å². The number of rotatable bonds is 51. The highest BCUT2D eigenvalue weighted by atomic mass is 16.6. The summed E-state index contributed by atoms with van der Waals surface area (Å²) < 4.78 is 16.8. The number of carbonyl (C=O) groups is 3. The minimum absolute atomic E-state index is 0.0846. The van der Waals surface area contributed by atoms with E-state index in [9.17, 15) is 14.4 Å². The van der Waals surface area contributed by atoms with Crippen molar-refractivity contribution in [3.8, 4) is 0 Å². The zero-order chi connectivity index (χ0) is 47.9. The fourth-order valence-corrected chi connectivity index (χ4v) is 7.98. The van der Waals surface area contributed by atoms with E-state index in [1.807, 2.05) is 0 Å². The molecule has 0 fully saturated rings. The van der Waals surface area contributed by atoms with Gasteiger partial charge in [0.15, 0.2) is 6.10 Å². The number of carbonyl (C=O) groups excluding carboxylic acids is 3. The van der Waals surface area contributed by atoms with Crippen LogP contribution in [0.5, 0.6) is 0 Å². The Hall–Kier alpha value is -2.89. The Labute approximate surface area is 409 Å². The normalized spacial score (nSPS) is 12.5. The molecule has 1 atom stereocenters. The first-order valence-electron chi connectivity index (χ1n) is 28.3. The number of hydrogen-bond donors (Lipinski definition) is 0. The van der Waals surface area contributed by atoms with Gasteiger partial charge >= 0.3 is 17.9 Å². The first kappa shape index (κ1) is 63.1. The minimum Gasteiger partial charge on any atom is -0.462 e. The monoisotopic (exact) mass is 923 g/mol. The van der Waals surface area contributed by atoms with Crippen LogP contribution in [-0.2, 0) is 28.6 Å². The number of ether oxygens (including phenoxy) is 3. The van der Waals surface area contributed by atoms with Gasteiger partial charge in [-0.3, -0.25) is 14.4 Å². The van der Waals surface area contributed by atoms with E-state index in [4.69, 9.17) is 14.2 Å². The molecule has 0 N–H and O–H groups in total. The predicted octanol–water partition coefficient (Wildman–Crippen LogP) is 18.8. The summed E-state index contributed by atoms with van der Waals surface area (Å²) in [5.41, 5.74) is 0. The van der Waals surface area contributed by atoms with Gasteiger partial charge in [-0.1, -0.05) is 223 Å².